The molecule has 0 bridgehead atoms. The van der Waals surface area contributed by atoms with Crippen LogP contribution in [-0.4, -0.2) is 106 Å². The molecule has 74 heavy (non-hydrogen) atoms. The third-order valence-electron chi connectivity index (χ3n) is 16.0. The molecule has 0 saturated carbocycles. The van der Waals surface area contributed by atoms with Gasteiger partial charge >= 0.3 is 12.2 Å². The number of rotatable bonds is 13. The maximum atomic E-state index is 16.8. The summed E-state index contributed by atoms with van der Waals surface area (Å²) in [5.41, 5.74) is 8.08. The second-order valence-corrected chi connectivity index (χ2v) is 21.2. The van der Waals surface area contributed by atoms with E-state index in [4.69, 9.17) is 19.4 Å². The molecular formula is C57H69FN10O6. The number of nitrogens with one attached hydrogen (secondary N) is 4. The van der Waals surface area contributed by atoms with Gasteiger partial charge in [-0.3, -0.25) is 9.59 Å². The maximum Gasteiger partial charge on any atom is 0.407 e. The minimum Gasteiger partial charge on any atom is -0.453 e. The number of aromatic nitrogens is 4. The average Bonchev–Trinajstić information content (AvgIpc) is 4.28. The van der Waals surface area contributed by atoms with Crippen LogP contribution in [0.15, 0.2) is 84.9 Å². The summed E-state index contributed by atoms with van der Waals surface area (Å²) < 4.78 is 26.5. The molecule has 0 radical (unpaired) electrons. The summed E-state index contributed by atoms with van der Waals surface area (Å²) in [7, 11) is 2.58. The second-order valence-electron chi connectivity index (χ2n) is 21.2. The summed E-state index contributed by atoms with van der Waals surface area (Å²) in [6.07, 6.45) is 5.28. The number of hydrogen-bond donors (Lipinski definition) is 4. The van der Waals surface area contributed by atoms with Crippen LogP contribution in [0.3, 0.4) is 0 Å². The molecule has 2 aromatic heterocycles. The highest BCUT2D eigenvalue weighted by molar-refractivity contribution is 5.88. The molecule has 4 fully saturated rings. The highest BCUT2D eigenvalue weighted by Crippen LogP contribution is 2.49. The molecule has 4 aliphatic heterocycles. The molecule has 4 N–H and O–H groups in total. The van der Waals surface area contributed by atoms with Gasteiger partial charge in [0, 0.05) is 31.9 Å². The van der Waals surface area contributed by atoms with E-state index in [1.54, 1.807) is 6.07 Å². The number of likely N-dealkylation sites (tertiary alicyclic amines) is 2. The number of fused-ring (bicyclic) bond motifs is 2. The Labute approximate surface area is 431 Å². The van der Waals surface area contributed by atoms with Gasteiger partial charge in [0.05, 0.1) is 66.1 Å². The number of amides is 4. The third-order valence-corrected chi connectivity index (χ3v) is 16.0. The van der Waals surface area contributed by atoms with E-state index in [0.29, 0.717) is 36.3 Å². The standard InChI is InChI=1S/C57H69FN10O6/c1-33(2)50(63-56(71)73-5)54(69)66-26-10-14-48(66)52-59-41-19-16-37(30-43(41)61-52)45-22-23-46(68(45)39-18-21-47(40(58)32-39)65-28-24-36(25-29-65)35-12-8-7-9-13-35)38-17-20-42-44(31-38)62-53(60-42)49-15-11-27-67(49)55(70)51(34(3)4)64-57(72)74-6/h7-9,12-13,16-21,30-34,36,45-46,48-51H,10-11,14-15,22-29H2,1-6H3,(H,59,61)(H,60,62)(H,63,71)(H,64,72)/t45-,46-,48+,49+,50+,51+/m1/s1. The van der Waals surface area contributed by atoms with Gasteiger partial charge in [0.15, 0.2) is 0 Å². The van der Waals surface area contributed by atoms with E-state index in [1.807, 2.05) is 49.6 Å². The Morgan fingerprint density at radius 1 is 0.595 bits per heavy atom. The quantitative estimate of drug-likeness (QED) is 0.0870. The highest BCUT2D eigenvalue weighted by atomic mass is 19.1. The number of carbonyl (C=O) groups is 4. The molecule has 0 spiro atoms. The van der Waals surface area contributed by atoms with E-state index in [0.717, 1.165) is 103 Å². The van der Waals surface area contributed by atoms with Gasteiger partial charge in [0.2, 0.25) is 11.8 Å². The van der Waals surface area contributed by atoms with Gasteiger partial charge in [0.1, 0.15) is 29.5 Å². The normalized spacial score (nSPS) is 21.3. The van der Waals surface area contributed by atoms with Crippen LogP contribution < -0.4 is 20.4 Å². The number of methoxy groups -OCH3 is 2. The van der Waals surface area contributed by atoms with Crippen LogP contribution in [0, 0.1) is 17.7 Å². The Bertz CT molecular complexity index is 2860. The zero-order valence-electron chi connectivity index (χ0n) is 43.3. The Hall–Kier alpha value is -7.17. The van der Waals surface area contributed by atoms with Crippen LogP contribution in [-0.2, 0) is 19.1 Å². The number of hydrogen-bond acceptors (Lipinski definition) is 10. The molecule has 4 saturated heterocycles. The van der Waals surface area contributed by atoms with Gasteiger partial charge < -0.3 is 49.7 Å². The number of halogens is 1. The number of anilines is 2. The van der Waals surface area contributed by atoms with Crippen molar-refractivity contribution < 1.29 is 33.0 Å². The largest absolute Gasteiger partial charge is 0.453 e. The molecule has 10 rings (SSSR count). The van der Waals surface area contributed by atoms with Crippen molar-refractivity contribution in [1.82, 2.24) is 40.4 Å². The second kappa shape index (κ2) is 21.4. The lowest BCUT2D eigenvalue weighted by Crippen LogP contribution is -2.51. The number of imidazole rings is 2. The monoisotopic (exact) mass is 1010 g/mol. The number of aromatic amines is 2. The molecule has 17 heteroatoms. The Morgan fingerprint density at radius 3 is 1.55 bits per heavy atom. The number of alkyl carbamates (subject to hydrolysis) is 2. The molecule has 6 atom stereocenters. The van der Waals surface area contributed by atoms with Crippen molar-refractivity contribution in [3.8, 4) is 0 Å². The van der Waals surface area contributed by atoms with Crippen LogP contribution >= 0.6 is 0 Å². The minimum absolute atomic E-state index is 0.131. The van der Waals surface area contributed by atoms with E-state index in [1.165, 1.54) is 19.8 Å². The molecule has 4 amide bonds. The van der Waals surface area contributed by atoms with Crippen LogP contribution in [0.2, 0.25) is 0 Å². The summed E-state index contributed by atoms with van der Waals surface area (Å²) in [5, 5.41) is 5.47. The number of nitrogens with zero attached hydrogens (tertiary/aromatic N) is 6. The predicted octanol–water partition coefficient (Wildman–Crippen LogP) is 10.1. The fourth-order valence-corrected chi connectivity index (χ4v) is 12.1. The van der Waals surface area contributed by atoms with Gasteiger partial charge in [0.25, 0.3) is 0 Å². The lowest BCUT2D eigenvalue weighted by atomic mass is 9.89. The minimum atomic E-state index is -0.740. The van der Waals surface area contributed by atoms with Crippen LogP contribution in [0.1, 0.15) is 137 Å². The van der Waals surface area contributed by atoms with Crippen molar-refractivity contribution >= 4 is 57.4 Å². The first-order valence-electron chi connectivity index (χ1n) is 26.5. The lowest BCUT2D eigenvalue weighted by Gasteiger charge is -2.36. The summed E-state index contributed by atoms with van der Waals surface area (Å²) in [6.45, 7) is 10.3. The van der Waals surface area contributed by atoms with E-state index in [2.05, 4.69) is 97.1 Å². The van der Waals surface area contributed by atoms with Crippen LogP contribution in [0.4, 0.5) is 25.4 Å². The summed E-state index contributed by atoms with van der Waals surface area (Å²) in [6, 6.07) is 26.6. The first-order chi connectivity index (χ1) is 35.8. The topological polar surface area (TPSA) is 181 Å². The van der Waals surface area contributed by atoms with E-state index in [9.17, 15) is 19.2 Å². The van der Waals surface area contributed by atoms with Crippen LogP contribution in [0.25, 0.3) is 22.1 Å². The van der Waals surface area contributed by atoms with Crippen molar-refractivity contribution in [2.75, 3.05) is 50.2 Å². The molecule has 4 aromatic carbocycles. The van der Waals surface area contributed by atoms with Crippen molar-refractivity contribution in [3.05, 3.63) is 119 Å². The van der Waals surface area contributed by atoms with Gasteiger partial charge in [-0.1, -0.05) is 70.2 Å². The number of piperidine rings is 1. The molecule has 6 heterocycles. The SMILES string of the molecule is COC(=O)N[C@H](C(=O)N1CCC[C@H]1c1nc2cc([C@H]3CC[C@H](c4ccc5[nH]c([C@@H]6CCCN6C(=O)[C@@H](NC(=O)OC)C(C)C)nc5c4)N3c3ccc(N4CCC(c5ccccc5)CC4)c(F)c3)ccc2[nH]1)C(C)C. The summed E-state index contributed by atoms with van der Waals surface area (Å²) in [5.74, 6) is 0.964. The van der Waals surface area contributed by atoms with Gasteiger partial charge in [-0.05, 0) is 128 Å². The van der Waals surface area contributed by atoms with Crippen molar-refractivity contribution in [2.24, 2.45) is 11.8 Å². The molecule has 390 valence electrons. The number of ether oxygens (including phenoxy) is 2. The Morgan fingerprint density at radius 2 is 1.09 bits per heavy atom. The van der Waals surface area contributed by atoms with Crippen molar-refractivity contribution in [1.29, 1.82) is 0 Å². The van der Waals surface area contributed by atoms with Crippen molar-refractivity contribution in [2.45, 2.75) is 121 Å². The number of H-pyrrole nitrogens is 2. The molecular weight excluding hydrogens is 940 g/mol. The highest BCUT2D eigenvalue weighted by Gasteiger charge is 2.41. The number of benzene rings is 4. The molecule has 0 aliphatic carbocycles. The lowest BCUT2D eigenvalue weighted by molar-refractivity contribution is -0.136. The van der Waals surface area contributed by atoms with Crippen molar-refractivity contribution in [3.63, 3.8) is 0 Å². The van der Waals surface area contributed by atoms with Gasteiger partial charge in [-0.2, -0.15) is 0 Å². The Kier molecular flexibility index (Phi) is 14.5. The van der Waals surface area contributed by atoms with E-state index >= 15 is 4.39 Å². The van der Waals surface area contributed by atoms with E-state index < -0.39 is 24.3 Å². The van der Waals surface area contributed by atoms with E-state index in [-0.39, 0.29) is 53.6 Å². The number of carbonyl (C=O) groups excluding carboxylic acids is 4. The summed E-state index contributed by atoms with van der Waals surface area (Å²) in [4.78, 5) is 77.9. The first-order valence-corrected chi connectivity index (χ1v) is 26.5. The fourth-order valence-electron chi connectivity index (χ4n) is 12.1. The zero-order chi connectivity index (χ0) is 51.8. The smallest absolute Gasteiger partial charge is 0.407 e. The molecule has 6 aromatic rings. The molecule has 16 nitrogen and oxygen atoms in total. The fraction of sp³-hybridized carbons (Fsp3) is 0.474. The first kappa shape index (κ1) is 50.4. The molecule has 4 aliphatic rings. The average molecular weight is 1010 g/mol. The zero-order valence-corrected chi connectivity index (χ0v) is 43.3. The van der Waals surface area contributed by atoms with Gasteiger partial charge in [-0.15, -0.1) is 0 Å². The summed E-state index contributed by atoms with van der Waals surface area (Å²) >= 11 is 0. The molecule has 0 unspecified atom stereocenters. The van der Waals surface area contributed by atoms with Crippen LogP contribution in [0.5, 0.6) is 0 Å². The van der Waals surface area contributed by atoms with Gasteiger partial charge in [-0.25, -0.2) is 23.9 Å². The third kappa shape index (κ3) is 9.96. The Balaban J connectivity index is 0.951. The maximum absolute atomic E-state index is 16.8. The predicted molar refractivity (Wildman–Crippen MR) is 282 cm³/mol.